The molecule has 0 bridgehead atoms. The first-order chi connectivity index (χ1) is 7.58. The predicted octanol–water partition coefficient (Wildman–Crippen LogP) is 1.76. The summed E-state index contributed by atoms with van der Waals surface area (Å²) in [6, 6.07) is 7.70. The zero-order chi connectivity index (χ0) is 12.0. The van der Waals surface area contributed by atoms with E-state index < -0.39 is 0 Å². The summed E-state index contributed by atoms with van der Waals surface area (Å²) >= 11 is 0. The van der Waals surface area contributed by atoms with E-state index in [4.69, 9.17) is 4.74 Å². The zero-order valence-corrected chi connectivity index (χ0v) is 10.2. The Bertz CT molecular complexity index is 330. The number of carbonyl (C=O) groups is 1. The molecule has 1 aromatic rings. The number of carbonyl (C=O) groups excluding carboxylic acids is 1. The van der Waals surface area contributed by atoms with E-state index in [2.05, 4.69) is 4.90 Å². The molecular formula is C13H19NO2. The summed E-state index contributed by atoms with van der Waals surface area (Å²) in [7, 11) is 4.03. The molecule has 0 radical (unpaired) electrons. The lowest BCUT2D eigenvalue weighted by Gasteiger charge is -2.11. The maximum absolute atomic E-state index is 10.9. The second-order valence-corrected chi connectivity index (χ2v) is 4.17. The van der Waals surface area contributed by atoms with Crippen molar-refractivity contribution in [3.8, 4) is 5.75 Å². The van der Waals surface area contributed by atoms with Gasteiger partial charge in [-0.25, -0.2) is 0 Å². The summed E-state index contributed by atoms with van der Waals surface area (Å²) < 4.78 is 5.55. The van der Waals surface area contributed by atoms with Gasteiger partial charge in [0.2, 0.25) is 0 Å². The highest BCUT2D eigenvalue weighted by Gasteiger charge is 1.99. The Balaban J connectivity index is 2.42. The van der Waals surface area contributed by atoms with E-state index in [1.165, 1.54) is 0 Å². The first-order valence-electron chi connectivity index (χ1n) is 5.44. The van der Waals surface area contributed by atoms with Gasteiger partial charge in [-0.1, -0.05) is 12.1 Å². The fraction of sp³-hybridized carbons (Fsp3) is 0.462. The van der Waals surface area contributed by atoms with Gasteiger partial charge in [-0.3, -0.25) is 4.79 Å². The molecule has 0 fully saturated rings. The van der Waals surface area contributed by atoms with Gasteiger partial charge in [-0.2, -0.15) is 0 Å². The van der Waals surface area contributed by atoms with Crippen molar-refractivity contribution >= 4 is 5.78 Å². The van der Waals surface area contributed by atoms with Gasteiger partial charge in [-0.15, -0.1) is 0 Å². The van der Waals surface area contributed by atoms with Crippen LogP contribution in [0.25, 0.3) is 0 Å². The molecule has 88 valence electrons. The van der Waals surface area contributed by atoms with E-state index in [9.17, 15) is 4.79 Å². The lowest BCUT2D eigenvalue weighted by atomic mass is 10.1. The summed E-state index contributed by atoms with van der Waals surface area (Å²) in [5, 5.41) is 0. The fourth-order valence-corrected chi connectivity index (χ4v) is 1.34. The average Bonchev–Trinajstić information content (AvgIpc) is 2.19. The predicted molar refractivity (Wildman–Crippen MR) is 64.9 cm³/mol. The van der Waals surface area contributed by atoms with Crippen LogP contribution in [0.1, 0.15) is 12.5 Å². The molecular weight excluding hydrogens is 202 g/mol. The number of hydrogen-bond acceptors (Lipinski definition) is 3. The van der Waals surface area contributed by atoms with Gasteiger partial charge in [0.15, 0.2) is 0 Å². The Morgan fingerprint density at radius 2 is 1.88 bits per heavy atom. The van der Waals surface area contributed by atoms with E-state index in [-0.39, 0.29) is 5.78 Å². The van der Waals surface area contributed by atoms with Crippen molar-refractivity contribution in [2.45, 2.75) is 13.3 Å². The molecule has 1 aromatic carbocycles. The van der Waals surface area contributed by atoms with Crippen LogP contribution in [0.15, 0.2) is 24.3 Å². The van der Waals surface area contributed by atoms with Crippen LogP contribution in [0, 0.1) is 0 Å². The highest BCUT2D eigenvalue weighted by Crippen LogP contribution is 2.12. The molecule has 0 aromatic heterocycles. The van der Waals surface area contributed by atoms with Gasteiger partial charge in [0, 0.05) is 13.0 Å². The van der Waals surface area contributed by atoms with Crippen molar-refractivity contribution in [1.82, 2.24) is 4.90 Å². The monoisotopic (exact) mass is 221 g/mol. The highest BCUT2D eigenvalue weighted by molar-refractivity contribution is 5.78. The van der Waals surface area contributed by atoms with Crippen LogP contribution in [0.2, 0.25) is 0 Å². The number of ether oxygens (including phenoxy) is 1. The van der Waals surface area contributed by atoms with E-state index in [1.54, 1.807) is 6.92 Å². The van der Waals surface area contributed by atoms with Crippen molar-refractivity contribution in [2.24, 2.45) is 0 Å². The van der Waals surface area contributed by atoms with E-state index in [1.807, 2.05) is 38.4 Å². The van der Waals surface area contributed by atoms with Gasteiger partial charge < -0.3 is 9.64 Å². The normalized spacial score (nSPS) is 10.5. The first kappa shape index (κ1) is 12.7. The van der Waals surface area contributed by atoms with Crippen molar-refractivity contribution < 1.29 is 9.53 Å². The number of rotatable bonds is 6. The number of Topliss-reactive ketones (excluding diaryl/α,β-unsaturated/α-hetero) is 1. The molecule has 0 aliphatic rings. The maximum atomic E-state index is 10.9. The van der Waals surface area contributed by atoms with Crippen molar-refractivity contribution in [1.29, 1.82) is 0 Å². The third-order valence-electron chi connectivity index (χ3n) is 2.18. The summed E-state index contributed by atoms with van der Waals surface area (Å²) in [5.74, 6) is 1.04. The minimum absolute atomic E-state index is 0.182. The quantitative estimate of drug-likeness (QED) is 0.733. The standard InChI is InChI=1S/C13H19NO2/c1-11(15)10-12-4-6-13(7-5-12)16-9-8-14(2)3/h4-7H,8-10H2,1-3H3. The lowest BCUT2D eigenvalue weighted by Crippen LogP contribution is -2.19. The molecule has 1 rings (SSSR count). The Labute approximate surface area is 97.0 Å². The van der Waals surface area contributed by atoms with Crippen molar-refractivity contribution in [2.75, 3.05) is 27.2 Å². The minimum atomic E-state index is 0.182. The first-order valence-corrected chi connectivity index (χ1v) is 5.44. The fourth-order valence-electron chi connectivity index (χ4n) is 1.34. The summed E-state index contributed by atoms with van der Waals surface area (Å²) in [5.41, 5.74) is 1.03. The summed E-state index contributed by atoms with van der Waals surface area (Å²) in [4.78, 5) is 13.0. The number of hydrogen-bond donors (Lipinski definition) is 0. The maximum Gasteiger partial charge on any atom is 0.134 e. The van der Waals surface area contributed by atoms with Crippen LogP contribution in [0.4, 0.5) is 0 Å². The number of nitrogens with zero attached hydrogens (tertiary/aromatic N) is 1. The lowest BCUT2D eigenvalue weighted by molar-refractivity contribution is -0.116. The van der Waals surface area contributed by atoms with E-state index in [0.29, 0.717) is 13.0 Å². The molecule has 0 amide bonds. The number of ketones is 1. The van der Waals surface area contributed by atoms with Crippen LogP contribution in [-0.4, -0.2) is 37.9 Å². The van der Waals surface area contributed by atoms with E-state index >= 15 is 0 Å². The molecule has 0 aliphatic carbocycles. The van der Waals surface area contributed by atoms with Crippen LogP contribution in [-0.2, 0) is 11.2 Å². The molecule has 3 heteroatoms. The van der Waals surface area contributed by atoms with Crippen LogP contribution < -0.4 is 4.74 Å². The Kier molecular flexibility index (Phi) is 4.99. The van der Waals surface area contributed by atoms with Gasteiger partial charge in [0.25, 0.3) is 0 Å². The third kappa shape index (κ3) is 4.94. The Morgan fingerprint density at radius 3 is 2.38 bits per heavy atom. The highest BCUT2D eigenvalue weighted by atomic mass is 16.5. The minimum Gasteiger partial charge on any atom is -0.492 e. The second-order valence-electron chi connectivity index (χ2n) is 4.17. The average molecular weight is 221 g/mol. The number of likely N-dealkylation sites (N-methyl/N-ethyl adjacent to an activating group) is 1. The largest absolute Gasteiger partial charge is 0.492 e. The topological polar surface area (TPSA) is 29.5 Å². The molecule has 0 atom stereocenters. The SMILES string of the molecule is CC(=O)Cc1ccc(OCCN(C)C)cc1. The molecule has 0 N–H and O–H groups in total. The summed E-state index contributed by atoms with van der Waals surface area (Å²) in [6.45, 7) is 3.18. The molecule has 0 unspecified atom stereocenters. The van der Waals surface area contributed by atoms with Gasteiger partial charge in [0.05, 0.1) is 0 Å². The zero-order valence-electron chi connectivity index (χ0n) is 10.2. The smallest absolute Gasteiger partial charge is 0.134 e. The van der Waals surface area contributed by atoms with Crippen LogP contribution in [0.3, 0.4) is 0 Å². The Morgan fingerprint density at radius 1 is 1.25 bits per heavy atom. The molecule has 0 saturated carbocycles. The molecule has 3 nitrogen and oxygen atoms in total. The van der Waals surface area contributed by atoms with Crippen LogP contribution in [0.5, 0.6) is 5.75 Å². The van der Waals surface area contributed by atoms with Crippen molar-refractivity contribution in [3.05, 3.63) is 29.8 Å². The molecule has 16 heavy (non-hydrogen) atoms. The molecule has 0 aliphatic heterocycles. The van der Waals surface area contributed by atoms with Crippen molar-refractivity contribution in [3.63, 3.8) is 0 Å². The Hall–Kier alpha value is -1.35. The number of benzene rings is 1. The second kappa shape index (κ2) is 6.28. The third-order valence-corrected chi connectivity index (χ3v) is 2.18. The van der Waals surface area contributed by atoms with Gasteiger partial charge >= 0.3 is 0 Å². The molecule has 0 spiro atoms. The summed E-state index contributed by atoms with van der Waals surface area (Å²) in [6.07, 6.45) is 0.498. The van der Waals surface area contributed by atoms with E-state index in [0.717, 1.165) is 17.9 Å². The molecule has 0 saturated heterocycles. The molecule has 0 heterocycles. The van der Waals surface area contributed by atoms with Gasteiger partial charge in [-0.05, 0) is 38.7 Å². The van der Waals surface area contributed by atoms with Gasteiger partial charge in [0.1, 0.15) is 18.1 Å². The van der Waals surface area contributed by atoms with Crippen LogP contribution >= 0.6 is 0 Å².